The Hall–Kier alpha value is -1.22. The van der Waals surface area contributed by atoms with Crippen molar-refractivity contribution in [3.63, 3.8) is 0 Å². The maximum atomic E-state index is 5.78. The van der Waals surface area contributed by atoms with E-state index < -0.39 is 0 Å². The van der Waals surface area contributed by atoms with Crippen molar-refractivity contribution in [1.82, 2.24) is 9.80 Å². The Morgan fingerprint density at radius 2 is 1.88 bits per heavy atom. The van der Waals surface area contributed by atoms with Crippen molar-refractivity contribution in [3.8, 4) is 0 Å². The molecule has 0 unspecified atom stereocenters. The van der Waals surface area contributed by atoms with E-state index in [1.807, 2.05) is 12.2 Å². The van der Waals surface area contributed by atoms with Gasteiger partial charge in [-0.25, -0.2) is 0 Å². The van der Waals surface area contributed by atoms with E-state index in [1.54, 1.807) is 0 Å². The maximum absolute atomic E-state index is 5.78. The Morgan fingerprint density at radius 3 is 2.38 bits per heavy atom. The molecular formula is C13H23N3. The second-order valence-corrected chi connectivity index (χ2v) is 4.18. The minimum atomic E-state index is 0.893. The van der Waals surface area contributed by atoms with Crippen LogP contribution in [0.15, 0.2) is 36.2 Å². The van der Waals surface area contributed by atoms with E-state index in [9.17, 15) is 0 Å². The minimum absolute atomic E-state index is 0.893. The number of allylic oxidation sites excluding steroid dienone is 4. The fraction of sp³-hybridized carbons (Fsp3) is 0.538. The first kappa shape index (κ1) is 12.8. The van der Waals surface area contributed by atoms with Crippen LogP contribution in [-0.4, -0.2) is 43.0 Å². The predicted octanol–water partition coefficient (Wildman–Crippen LogP) is 1.56. The SMILES string of the molecule is C=C/C(=C\C=C(\N)CC)N1CCN(C)CC1. The lowest BCUT2D eigenvalue weighted by Crippen LogP contribution is -2.43. The lowest BCUT2D eigenvalue weighted by Gasteiger charge is -2.34. The second kappa shape index (κ2) is 6.38. The number of piperazine rings is 1. The van der Waals surface area contributed by atoms with Gasteiger partial charge in [0, 0.05) is 37.6 Å². The van der Waals surface area contributed by atoms with Gasteiger partial charge in [-0.1, -0.05) is 13.5 Å². The Labute approximate surface area is 98.9 Å². The maximum Gasteiger partial charge on any atom is 0.0361 e. The molecule has 1 rings (SSSR count). The van der Waals surface area contributed by atoms with Gasteiger partial charge in [0.2, 0.25) is 0 Å². The van der Waals surface area contributed by atoms with E-state index in [2.05, 4.69) is 36.4 Å². The van der Waals surface area contributed by atoms with Gasteiger partial charge in [0.25, 0.3) is 0 Å². The molecule has 3 heteroatoms. The molecule has 0 aromatic rings. The number of hydrogen-bond donors (Lipinski definition) is 1. The van der Waals surface area contributed by atoms with E-state index in [4.69, 9.17) is 5.73 Å². The molecule has 1 saturated heterocycles. The summed E-state index contributed by atoms with van der Waals surface area (Å²) in [5.74, 6) is 0. The van der Waals surface area contributed by atoms with Crippen LogP contribution >= 0.6 is 0 Å². The molecule has 3 nitrogen and oxygen atoms in total. The lowest BCUT2D eigenvalue weighted by atomic mass is 10.2. The smallest absolute Gasteiger partial charge is 0.0361 e. The summed E-state index contributed by atoms with van der Waals surface area (Å²) in [7, 11) is 2.16. The van der Waals surface area contributed by atoms with Crippen molar-refractivity contribution in [2.24, 2.45) is 5.73 Å². The molecule has 0 aromatic heterocycles. The zero-order chi connectivity index (χ0) is 12.0. The van der Waals surface area contributed by atoms with Crippen LogP contribution in [0.25, 0.3) is 0 Å². The summed E-state index contributed by atoms with van der Waals surface area (Å²) in [6.07, 6.45) is 6.85. The first-order valence-corrected chi connectivity index (χ1v) is 5.89. The van der Waals surface area contributed by atoms with E-state index in [0.717, 1.165) is 38.3 Å². The first-order valence-electron chi connectivity index (χ1n) is 5.89. The van der Waals surface area contributed by atoms with Gasteiger partial charge in [-0.05, 0) is 31.7 Å². The molecule has 0 aromatic carbocycles. The van der Waals surface area contributed by atoms with Crippen LogP contribution in [-0.2, 0) is 0 Å². The summed E-state index contributed by atoms with van der Waals surface area (Å²) >= 11 is 0. The average Bonchev–Trinajstić information content (AvgIpc) is 2.31. The van der Waals surface area contributed by atoms with Crippen LogP contribution in [0.4, 0.5) is 0 Å². The Balaban J connectivity index is 2.63. The molecule has 0 spiro atoms. The molecule has 0 atom stereocenters. The van der Waals surface area contributed by atoms with Gasteiger partial charge in [-0.2, -0.15) is 0 Å². The standard InChI is InChI=1S/C13H23N3/c1-4-12(14)6-7-13(5-2)16-10-8-15(3)9-11-16/h5-7H,2,4,8-11,14H2,1,3H3/b12-6+,13-7+. The highest BCUT2D eigenvalue weighted by Crippen LogP contribution is 2.10. The van der Waals surface area contributed by atoms with Gasteiger partial charge in [-0.3, -0.25) is 0 Å². The number of hydrogen-bond acceptors (Lipinski definition) is 3. The molecule has 1 aliphatic heterocycles. The molecule has 1 heterocycles. The summed E-state index contributed by atoms with van der Waals surface area (Å²) in [6.45, 7) is 10.3. The highest BCUT2D eigenvalue weighted by molar-refractivity contribution is 5.23. The second-order valence-electron chi connectivity index (χ2n) is 4.18. The van der Waals surface area contributed by atoms with Gasteiger partial charge in [0.05, 0.1) is 0 Å². The predicted molar refractivity (Wildman–Crippen MR) is 69.9 cm³/mol. The number of rotatable bonds is 4. The quantitative estimate of drug-likeness (QED) is 0.731. The zero-order valence-electron chi connectivity index (χ0n) is 10.4. The van der Waals surface area contributed by atoms with Crippen LogP contribution in [0.2, 0.25) is 0 Å². The molecule has 0 radical (unpaired) electrons. The van der Waals surface area contributed by atoms with Gasteiger partial charge >= 0.3 is 0 Å². The fourth-order valence-corrected chi connectivity index (χ4v) is 1.68. The number of nitrogens with zero attached hydrogens (tertiary/aromatic N) is 2. The van der Waals surface area contributed by atoms with Crippen molar-refractivity contribution in [2.75, 3.05) is 33.2 Å². The van der Waals surface area contributed by atoms with Gasteiger partial charge in [0.1, 0.15) is 0 Å². The van der Waals surface area contributed by atoms with Crippen molar-refractivity contribution in [2.45, 2.75) is 13.3 Å². The normalized spacial score (nSPS) is 20.0. The average molecular weight is 221 g/mol. The van der Waals surface area contributed by atoms with Gasteiger partial charge in [-0.15, -0.1) is 0 Å². The van der Waals surface area contributed by atoms with Crippen LogP contribution in [0, 0.1) is 0 Å². The molecule has 16 heavy (non-hydrogen) atoms. The summed E-state index contributed by atoms with van der Waals surface area (Å²) in [6, 6.07) is 0. The Morgan fingerprint density at radius 1 is 1.25 bits per heavy atom. The molecule has 1 fully saturated rings. The summed E-state index contributed by atoms with van der Waals surface area (Å²) in [4.78, 5) is 4.69. The largest absolute Gasteiger partial charge is 0.402 e. The molecule has 0 bridgehead atoms. The van der Waals surface area contributed by atoms with Crippen molar-refractivity contribution >= 4 is 0 Å². The van der Waals surface area contributed by atoms with Crippen LogP contribution < -0.4 is 5.73 Å². The molecule has 0 saturated carbocycles. The highest BCUT2D eigenvalue weighted by atomic mass is 15.2. The molecule has 1 aliphatic rings. The van der Waals surface area contributed by atoms with Crippen molar-refractivity contribution in [3.05, 3.63) is 36.2 Å². The lowest BCUT2D eigenvalue weighted by molar-refractivity contribution is 0.190. The number of likely N-dealkylation sites (N-methyl/N-ethyl adjacent to an activating group) is 1. The third kappa shape index (κ3) is 3.74. The van der Waals surface area contributed by atoms with Crippen molar-refractivity contribution < 1.29 is 0 Å². The minimum Gasteiger partial charge on any atom is -0.402 e. The molecule has 0 amide bonds. The topological polar surface area (TPSA) is 32.5 Å². The van der Waals surface area contributed by atoms with Crippen LogP contribution in [0.5, 0.6) is 0 Å². The third-order valence-corrected chi connectivity index (χ3v) is 2.95. The summed E-state index contributed by atoms with van der Waals surface area (Å²) < 4.78 is 0. The Kier molecular flexibility index (Phi) is 5.12. The van der Waals surface area contributed by atoms with Crippen molar-refractivity contribution in [1.29, 1.82) is 0 Å². The summed E-state index contributed by atoms with van der Waals surface area (Å²) in [5, 5.41) is 0. The van der Waals surface area contributed by atoms with E-state index in [0.29, 0.717) is 0 Å². The van der Waals surface area contributed by atoms with Crippen LogP contribution in [0.3, 0.4) is 0 Å². The van der Waals surface area contributed by atoms with E-state index in [-0.39, 0.29) is 0 Å². The van der Waals surface area contributed by atoms with Gasteiger partial charge in [0.15, 0.2) is 0 Å². The fourth-order valence-electron chi connectivity index (χ4n) is 1.68. The third-order valence-electron chi connectivity index (χ3n) is 2.95. The molecular weight excluding hydrogens is 198 g/mol. The monoisotopic (exact) mass is 221 g/mol. The van der Waals surface area contributed by atoms with E-state index in [1.165, 1.54) is 5.70 Å². The Bertz CT molecular complexity index is 284. The molecule has 0 aliphatic carbocycles. The zero-order valence-corrected chi connectivity index (χ0v) is 10.4. The first-order chi connectivity index (χ1) is 7.67. The molecule has 90 valence electrons. The summed E-state index contributed by atoms with van der Waals surface area (Å²) in [5.41, 5.74) is 7.86. The highest BCUT2D eigenvalue weighted by Gasteiger charge is 2.13. The molecule has 2 N–H and O–H groups in total. The van der Waals surface area contributed by atoms with Crippen LogP contribution in [0.1, 0.15) is 13.3 Å². The van der Waals surface area contributed by atoms with Gasteiger partial charge < -0.3 is 15.5 Å². The number of nitrogens with two attached hydrogens (primary N) is 1. The van der Waals surface area contributed by atoms with E-state index >= 15 is 0 Å².